The molecule has 1 atom stereocenters. The Morgan fingerprint density at radius 1 is 1.20 bits per heavy atom. The van der Waals surface area contributed by atoms with E-state index >= 15 is 0 Å². The van der Waals surface area contributed by atoms with Crippen molar-refractivity contribution < 1.29 is 9.53 Å². The SMILES string of the molecule is O=C1OCC(Cc2ccccc2)N1C1CCN(Cc2nccs2)CC1. The van der Waals surface area contributed by atoms with E-state index in [-0.39, 0.29) is 18.2 Å². The zero-order valence-electron chi connectivity index (χ0n) is 14.2. The van der Waals surface area contributed by atoms with E-state index in [1.165, 1.54) is 10.6 Å². The van der Waals surface area contributed by atoms with Gasteiger partial charge in [0.2, 0.25) is 0 Å². The molecule has 0 N–H and O–H groups in total. The molecule has 0 saturated carbocycles. The number of ether oxygens (including phenoxy) is 1. The van der Waals surface area contributed by atoms with Gasteiger partial charge in [0.25, 0.3) is 0 Å². The molecule has 25 heavy (non-hydrogen) atoms. The summed E-state index contributed by atoms with van der Waals surface area (Å²) in [4.78, 5) is 21.1. The van der Waals surface area contributed by atoms with Crippen molar-refractivity contribution in [2.75, 3.05) is 19.7 Å². The van der Waals surface area contributed by atoms with Crippen molar-refractivity contribution in [3.63, 3.8) is 0 Å². The molecule has 2 aliphatic rings. The number of rotatable bonds is 5. The number of hydrogen-bond donors (Lipinski definition) is 0. The highest BCUT2D eigenvalue weighted by atomic mass is 32.1. The first-order valence-electron chi connectivity index (χ1n) is 8.89. The first-order valence-corrected chi connectivity index (χ1v) is 9.77. The molecule has 1 aromatic carbocycles. The molecular weight excluding hydrogens is 334 g/mol. The molecule has 4 rings (SSSR count). The highest BCUT2D eigenvalue weighted by molar-refractivity contribution is 7.09. The second kappa shape index (κ2) is 7.54. The second-order valence-electron chi connectivity index (χ2n) is 6.76. The van der Waals surface area contributed by atoms with Crippen molar-refractivity contribution in [1.29, 1.82) is 0 Å². The third-order valence-electron chi connectivity index (χ3n) is 5.11. The van der Waals surface area contributed by atoms with E-state index in [1.54, 1.807) is 11.3 Å². The van der Waals surface area contributed by atoms with Gasteiger partial charge >= 0.3 is 6.09 Å². The summed E-state index contributed by atoms with van der Waals surface area (Å²) in [5.74, 6) is 0. The van der Waals surface area contributed by atoms with Crippen molar-refractivity contribution >= 4 is 17.4 Å². The quantitative estimate of drug-likeness (QED) is 0.825. The van der Waals surface area contributed by atoms with Crippen LogP contribution >= 0.6 is 11.3 Å². The van der Waals surface area contributed by atoms with Gasteiger partial charge < -0.3 is 4.74 Å². The summed E-state index contributed by atoms with van der Waals surface area (Å²) in [7, 11) is 0. The topological polar surface area (TPSA) is 45.7 Å². The monoisotopic (exact) mass is 357 g/mol. The number of carbonyl (C=O) groups is 1. The largest absolute Gasteiger partial charge is 0.447 e. The molecule has 0 bridgehead atoms. The predicted molar refractivity (Wildman–Crippen MR) is 97.5 cm³/mol. The van der Waals surface area contributed by atoms with Gasteiger partial charge in [0, 0.05) is 30.7 Å². The van der Waals surface area contributed by atoms with Crippen LogP contribution in [0.25, 0.3) is 0 Å². The predicted octanol–water partition coefficient (Wildman–Crippen LogP) is 3.17. The lowest BCUT2D eigenvalue weighted by atomic mass is 9.99. The van der Waals surface area contributed by atoms with Crippen molar-refractivity contribution in [2.24, 2.45) is 0 Å². The fourth-order valence-corrected chi connectivity index (χ4v) is 4.50. The minimum atomic E-state index is -0.140. The first kappa shape index (κ1) is 16.5. The minimum Gasteiger partial charge on any atom is -0.447 e. The highest BCUT2D eigenvalue weighted by Gasteiger charge is 2.39. The van der Waals surface area contributed by atoms with Gasteiger partial charge in [-0.3, -0.25) is 9.80 Å². The maximum absolute atomic E-state index is 12.3. The Bertz CT molecular complexity index is 684. The first-order chi connectivity index (χ1) is 12.3. The molecule has 1 aromatic heterocycles. The summed E-state index contributed by atoms with van der Waals surface area (Å²) < 4.78 is 5.38. The van der Waals surface area contributed by atoms with Crippen LogP contribution in [0.1, 0.15) is 23.4 Å². The Hall–Kier alpha value is -1.92. The number of amides is 1. The molecule has 6 heteroatoms. The van der Waals surface area contributed by atoms with Gasteiger partial charge in [0.1, 0.15) is 11.6 Å². The average Bonchev–Trinajstić information content (AvgIpc) is 3.27. The molecule has 0 spiro atoms. The molecule has 2 aliphatic heterocycles. The molecular formula is C19H23N3O2S. The average molecular weight is 357 g/mol. The lowest BCUT2D eigenvalue weighted by Gasteiger charge is -2.37. The van der Waals surface area contributed by atoms with Gasteiger partial charge in [-0.1, -0.05) is 30.3 Å². The van der Waals surface area contributed by atoms with Crippen LogP contribution in [0.15, 0.2) is 41.9 Å². The maximum Gasteiger partial charge on any atom is 0.410 e. The Labute approximate surface area is 152 Å². The van der Waals surface area contributed by atoms with Crippen LogP contribution in [0, 0.1) is 0 Å². The smallest absolute Gasteiger partial charge is 0.410 e. The van der Waals surface area contributed by atoms with Crippen molar-refractivity contribution in [2.45, 2.75) is 37.9 Å². The lowest BCUT2D eigenvalue weighted by molar-refractivity contribution is 0.104. The Kier molecular flexibility index (Phi) is 4.99. The van der Waals surface area contributed by atoms with Crippen molar-refractivity contribution in [3.05, 3.63) is 52.5 Å². The number of carbonyl (C=O) groups excluding carboxylic acids is 1. The summed E-state index contributed by atoms with van der Waals surface area (Å²) in [6.07, 6.45) is 4.60. The molecule has 1 amide bonds. The molecule has 0 radical (unpaired) electrons. The van der Waals surface area contributed by atoms with E-state index in [0.717, 1.165) is 38.9 Å². The van der Waals surface area contributed by atoms with E-state index < -0.39 is 0 Å². The van der Waals surface area contributed by atoms with Crippen LogP contribution in [-0.4, -0.2) is 52.7 Å². The Morgan fingerprint density at radius 2 is 2.00 bits per heavy atom. The summed E-state index contributed by atoms with van der Waals surface area (Å²) in [6, 6.07) is 10.8. The fraction of sp³-hybridized carbons (Fsp3) is 0.474. The standard InChI is InChI=1S/C19H23N3O2S/c23-19-22(17(14-24-19)12-15-4-2-1-3-5-15)16-6-9-21(10-7-16)13-18-20-8-11-25-18/h1-5,8,11,16-17H,6-7,9-10,12-14H2. The van der Waals surface area contributed by atoms with E-state index in [4.69, 9.17) is 4.74 Å². The highest BCUT2D eigenvalue weighted by Crippen LogP contribution is 2.26. The van der Waals surface area contributed by atoms with Crippen LogP contribution in [-0.2, 0) is 17.7 Å². The zero-order valence-corrected chi connectivity index (χ0v) is 15.0. The lowest BCUT2D eigenvalue weighted by Crippen LogP contribution is -2.48. The number of aromatic nitrogens is 1. The molecule has 5 nitrogen and oxygen atoms in total. The van der Waals surface area contributed by atoms with E-state index in [9.17, 15) is 4.79 Å². The number of cyclic esters (lactones) is 1. The Morgan fingerprint density at radius 3 is 2.72 bits per heavy atom. The number of likely N-dealkylation sites (tertiary alicyclic amines) is 1. The molecule has 3 heterocycles. The number of benzene rings is 1. The molecule has 1 unspecified atom stereocenters. The third-order valence-corrected chi connectivity index (χ3v) is 5.87. The van der Waals surface area contributed by atoms with Crippen LogP contribution in [0.2, 0.25) is 0 Å². The number of hydrogen-bond acceptors (Lipinski definition) is 5. The zero-order chi connectivity index (χ0) is 17.1. The molecule has 132 valence electrons. The van der Waals surface area contributed by atoms with Crippen molar-refractivity contribution in [3.8, 4) is 0 Å². The van der Waals surface area contributed by atoms with Crippen LogP contribution in [0.5, 0.6) is 0 Å². The summed E-state index contributed by atoms with van der Waals surface area (Å²) >= 11 is 1.71. The molecule has 2 fully saturated rings. The van der Waals surface area contributed by atoms with Gasteiger partial charge in [-0.2, -0.15) is 0 Å². The van der Waals surface area contributed by atoms with Crippen LogP contribution in [0.4, 0.5) is 4.79 Å². The normalized spacial score (nSPS) is 22.3. The van der Waals surface area contributed by atoms with Crippen LogP contribution in [0.3, 0.4) is 0 Å². The van der Waals surface area contributed by atoms with Gasteiger partial charge in [0.15, 0.2) is 0 Å². The van der Waals surface area contributed by atoms with E-state index in [1.807, 2.05) is 22.5 Å². The molecule has 2 aromatic rings. The molecule has 2 saturated heterocycles. The second-order valence-corrected chi connectivity index (χ2v) is 7.74. The van der Waals surface area contributed by atoms with Gasteiger partial charge in [0.05, 0.1) is 12.6 Å². The minimum absolute atomic E-state index is 0.140. The summed E-state index contributed by atoms with van der Waals surface area (Å²) in [5.41, 5.74) is 1.26. The van der Waals surface area contributed by atoms with Crippen molar-refractivity contribution in [1.82, 2.24) is 14.8 Å². The summed E-state index contributed by atoms with van der Waals surface area (Å²) in [6.45, 7) is 3.44. The number of nitrogens with zero attached hydrogens (tertiary/aromatic N) is 3. The van der Waals surface area contributed by atoms with Gasteiger partial charge in [-0.25, -0.2) is 9.78 Å². The summed E-state index contributed by atoms with van der Waals surface area (Å²) in [5, 5.41) is 3.19. The third kappa shape index (κ3) is 3.85. The molecule has 0 aliphatic carbocycles. The van der Waals surface area contributed by atoms with Gasteiger partial charge in [-0.05, 0) is 24.8 Å². The van der Waals surface area contributed by atoms with E-state index in [0.29, 0.717) is 6.61 Å². The number of piperidine rings is 1. The van der Waals surface area contributed by atoms with Crippen LogP contribution < -0.4 is 0 Å². The Balaban J connectivity index is 1.36. The fourth-order valence-electron chi connectivity index (χ4n) is 3.84. The number of thiazole rings is 1. The van der Waals surface area contributed by atoms with E-state index in [2.05, 4.69) is 34.1 Å². The van der Waals surface area contributed by atoms with Gasteiger partial charge in [-0.15, -0.1) is 11.3 Å². The maximum atomic E-state index is 12.3.